The maximum Gasteiger partial charge on any atom is 0.332 e. The summed E-state index contributed by atoms with van der Waals surface area (Å²) in [6.07, 6.45) is 2.75. The summed E-state index contributed by atoms with van der Waals surface area (Å²) in [6.45, 7) is -0.0284. The first-order valence-corrected chi connectivity index (χ1v) is 3.28. The van der Waals surface area contributed by atoms with Crippen molar-refractivity contribution in [2.45, 2.75) is 0 Å². The summed E-state index contributed by atoms with van der Waals surface area (Å²) in [5.41, 5.74) is 0. The Kier molecular flexibility index (Phi) is 1.33. The van der Waals surface area contributed by atoms with Crippen molar-refractivity contribution in [2.24, 2.45) is 0 Å². The number of urea groups is 1. The van der Waals surface area contributed by atoms with Crippen LogP contribution in [-0.2, 0) is 4.79 Å². The second kappa shape index (κ2) is 2.33. The highest BCUT2D eigenvalue weighted by molar-refractivity contribution is 6.11. The van der Waals surface area contributed by atoms with Crippen LogP contribution in [0.2, 0.25) is 0 Å². The Morgan fingerprint density at radius 3 is 2.92 bits per heavy atom. The molecule has 1 aliphatic heterocycles. The number of aromatic nitrogens is 1. The molecule has 12 heavy (non-hydrogen) atoms. The number of rotatable bonds is 1. The Hall–Kier alpha value is -1.85. The van der Waals surface area contributed by atoms with Gasteiger partial charge in [-0.3, -0.25) is 10.1 Å². The lowest BCUT2D eigenvalue weighted by Gasteiger charge is -2.05. The lowest BCUT2D eigenvalue weighted by Crippen LogP contribution is -2.27. The molecule has 1 N–H and O–H groups in total. The third-order valence-corrected chi connectivity index (χ3v) is 1.44. The summed E-state index contributed by atoms with van der Waals surface area (Å²) in [5, 5.41) is 2.10. The van der Waals surface area contributed by atoms with E-state index in [2.05, 4.69) is 10.3 Å². The minimum atomic E-state index is -0.498. The molecule has 0 aliphatic carbocycles. The van der Waals surface area contributed by atoms with Gasteiger partial charge in [-0.2, -0.15) is 0 Å². The molecular formula is C6H5N3O3. The zero-order valence-corrected chi connectivity index (χ0v) is 5.98. The number of nitrogens with one attached hydrogen (secondary N) is 1. The second-order valence-electron chi connectivity index (χ2n) is 2.25. The summed E-state index contributed by atoms with van der Waals surface area (Å²) in [6, 6.07) is -0.360. The Bertz CT molecular complexity index is 319. The molecule has 3 amide bonds. The van der Waals surface area contributed by atoms with Crippen molar-refractivity contribution in [1.29, 1.82) is 0 Å². The molecule has 6 heteroatoms. The first-order valence-electron chi connectivity index (χ1n) is 3.28. The molecule has 0 bridgehead atoms. The highest BCUT2D eigenvalue weighted by atomic mass is 16.4. The van der Waals surface area contributed by atoms with Crippen molar-refractivity contribution >= 4 is 18.0 Å². The van der Waals surface area contributed by atoms with Crippen molar-refractivity contribution in [3.05, 3.63) is 12.5 Å². The molecule has 0 atom stereocenters. The third-order valence-electron chi connectivity index (χ3n) is 1.44. The molecule has 2 heterocycles. The van der Waals surface area contributed by atoms with Crippen LogP contribution in [0.5, 0.6) is 0 Å². The third kappa shape index (κ3) is 0.931. The van der Waals surface area contributed by atoms with E-state index in [0.717, 1.165) is 4.90 Å². The number of nitrogens with zero attached hydrogens (tertiary/aromatic N) is 2. The molecule has 1 saturated heterocycles. The van der Waals surface area contributed by atoms with Crippen LogP contribution in [0.15, 0.2) is 16.9 Å². The maximum absolute atomic E-state index is 11.0. The smallest absolute Gasteiger partial charge is 0.332 e. The SMILES string of the molecule is O=C1CN(c2ncco2)C(=O)N1. The molecular weight excluding hydrogens is 162 g/mol. The maximum atomic E-state index is 11.0. The van der Waals surface area contributed by atoms with Gasteiger partial charge in [0.15, 0.2) is 0 Å². The van der Waals surface area contributed by atoms with Gasteiger partial charge in [0.05, 0.1) is 6.20 Å². The van der Waals surface area contributed by atoms with Crippen LogP contribution in [0.3, 0.4) is 0 Å². The van der Waals surface area contributed by atoms with Gasteiger partial charge in [-0.25, -0.2) is 14.7 Å². The number of anilines is 1. The zero-order chi connectivity index (χ0) is 8.55. The number of oxazole rings is 1. The van der Waals surface area contributed by atoms with Gasteiger partial charge in [0, 0.05) is 0 Å². The quantitative estimate of drug-likeness (QED) is 0.584. The predicted molar refractivity (Wildman–Crippen MR) is 37.4 cm³/mol. The highest BCUT2D eigenvalue weighted by Gasteiger charge is 2.30. The van der Waals surface area contributed by atoms with Gasteiger partial charge < -0.3 is 4.42 Å². The molecule has 0 spiro atoms. The molecule has 1 aromatic heterocycles. The first-order chi connectivity index (χ1) is 5.77. The molecule has 0 unspecified atom stereocenters. The van der Waals surface area contributed by atoms with Crippen LogP contribution in [0.25, 0.3) is 0 Å². The summed E-state index contributed by atoms with van der Waals surface area (Å²) in [4.78, 5) is 26.5. The predicted octanol–water partition coefficient (Wildman–Crippen LogP) is -0.269. The lowest BCUT2D eigenvalue weighted by molar-refractivity contribution is -0.117. The van der Waals surface area contributed by atoms with E-state index in [9.17, 15) is 9.59 Å². The van der Waals surface area contributed by atoms with Gasteiger partial charge in [0.2, 0.25) is 5.91 Å². The van der Waals surface area contributed by atoms with Gasteiger partial charge in [-0.15, -0.1) is 0 Å². The monoisotopic (exact) mass is 167 g/mol. The molecule has 1 aliphatic rings. The summed E-state index contributed by atoms with van der Waals surface area (Å²) in [5.74, 6) is -0.349. The standard InChI is InChI=1S/C6H5N3O3/c10-4-3-9(5(11)8-4)6-7-1-2-12-6/h1-2H,3H2,(H,8,10,11). The second-order valence-corrected chi connectivity index (χ2v) is 2.25. The summed E-state index contributed by atoms with van der Waals surface area (Å²) < 4.78 is 4.84. The molecule has 0 radical (unpaired) electrons. The Morgan fingerprint density at radius 1 is 1.58 bits per heavy atom. The van der Waals surface area contributed by atoms with E-state index in [1.807, 2.05) is 0 Å². The summed E-state index contributed by atoms with van der Waals surface area (Å²) >= 11 is 0. The van der Waals surface area contributed by atoms with Crippen molar-refractivity contribution in [3.63, 3.8) is 0 Å². The average molecular weight is 167 g/mol. The van der Waals surface area contributed by atoms with Crippen LogP contribution in [-0.4, -0.2) is 23.5 Å². The number of hydrogen-bond acceptors (Lipinski definition) is 4. The van der Waals surface area contributed by atoms with Crippen molar-refractivity contribution in [1.82, 2.24) is 10.3 Å². The minimum Gasteiger partial charge on any atom is -0.432 e. The van der Waals surface area contributed by atoms with Crippen molar-refractivity contribution in [3.8, 4) is 0 Å². The molecule has 0 aromatic carbocycles. The number of carbonyl (C=O) groups is 2. The van der Waals surface area contributed by atoms with Crippen LogP contribution in [0, 0.1) is 0 Å². The van der Waals surface area contributed by atoms with Crippen molar-refractivity contribution < 1.29 is 14.0 Å². The number of imide groups is 1. The van der Waals surface area contributed by atoms with E-state index in [4.69, 9.17) is 4.42 Å². The molecule has 1 aromatic rings. The average Bonchev–Trinajstić information content (AvgIpc) is 2.58. The molecule has 6 nitrogen and oxygen atoms in total. The highest BCUT2D eigenvalue weighted by Crippen LogP contribution is 2.12. The van der Waals surface area contributed by atoms with E-state index in [1.165, 1.54) is 12.5 Å². The number of hydrogen-bond donors (Lipinski definition) is 1. The number of carbonyl (C=O) groups excluding carboxylic acids is 2. The van der Waals surface area contributed by atoms with E-state index < -0.39 is 6.03 Å². The van der Waals surface area contributed by atoms with Gasteiger partial charge in [-0.05, 0) is 0 Å². The topological polar surface area (TPSA) is 75.4 Å². The fourth-order valence-electron chi connectivity index (χ4n) is 0.945. The van der Waals surface area contributed by atoms with E-state index in [1.54, 1.807) is 0 Å². The van der Waals surface area contributed by atoms with Gasteiger partial charge in [-0.1, -0.05) is 0 Å². The zero-order valence-electron chi connectivity index (χ0n) is 5.98. The normalized spacial score (nSPS) is 16.8. The van der Waals surface area contributed by atoms with E-state index in [0.29, 0.717) is 0 Å². The molecule has 0 saturated carbocycles. The van der Waals surface area contributed by atoms with Crippen molar-refractivity contribution in [2.75, 3.05) is 11.4 Å². The summed E-state index contributed by atoms with van der Waals surface area (Å²) in [7, 11) is 0. The lowest BCUT2D eigenvalue weighted by atomic mass is 10.6. The van der Waals surface area contributed by atoms with E-state index >= 15 is 0 Å². The first kappa shape index (κ1) is 6.84. The Balaban J connectivity index is 2.26. The molecule has 62 valence electrons. The minimum absolute atomic E-state index is 0.0284. The fraction of sp³-hybridized carbons (Fsp3) is 0.167. The van der Waals surface area contributed by atoms with Gasteiger partial charge >= 0.3 is 12.0 Å². The Morgan fingerprint density at radius 2 is 2.42 bits per heavy atom. The fourth-order valence-corrected chi connectivity index (χ4v) is 0.945. The van der Waals surface area contributed by atoms with Crippen LogP contribution in [0.4, 0.5) is 10.8 Å². The van der Waals surface area contributed by atoms with E-state index in [-0.39, 0.29) is 18.5 Å². The van der Waals surface area contributed by atoms with Gasteiger partial charge in [0.1, 0.15) is 12.8 Å². The molecule has 2 rings (SSSR count). The largest absolute Gasteiger partial charge is 0.432 e. The Labute approximate surface area is 67.2 Å². The van der Waals surface area contributed by atoms with Crippen LogP contribution < -0.4 is 10.2 Å². The molecule has 1 fully saturated rings. The van der Waals surface area contributed by atoms with Crippen LogP contribution in [0.1, 0.15) is 0 Å². The van der Waals surface area contributed by atoms with Gasteiger partial charge in [0.25, 0.3) is 0 Å². The van der Waals surface area contributed by atoms with Crippen LogP contribution >= 0.6 is 0 Å². The number of amides is 3.